The Balaban J connectivity index is 1.73. The number of hydrogen-bond acceptors (Lipinski definition) is 5. The van der Waals surface area contributed by atoms with E-state index < -0.39 is 5.54 Å². The van der Waals surface area contributed by atoms with Gasteiger partial charge in [-0.15, -0.1) is 0 Å². The van der Waals surface area contributed by atoms with Gasteiger partial charge in [-0.1, -0.05) is 12.1 Å². The molecule has 3 rings (SSSR count). The zero-order chi connectivity index (χ0) is 16.4. The second-order valence-corrected chi connectivity index (χ2v) is 5.73. The molecule has 1 aromatic rings. The van der Waals surface area contributed by atoms with Crippen molar-refractivity contribution in [2.24, 2.45) is 0 Å². The summed E-state index contributed by atoms with van der Waals surface area (Å²) in [7, 11) is 0. The van der Waals surface area contributed by atoms with E-state index in [1.165, 1.54) is 0 Å². The van der Waals surface area contributed by atoms with Gasteiger partial charge in [0.2, 0.25) is 5.91 Å². The van der Waals surface area contributed by atoms with Crippen molar-refractivity contribution in [2.45, 2.75) is 24.8 Å². The fourth-order valence-electron chi connectivity index (χ4n) is 3.16. The summed E-state index contributed by atoms with van der Waals surface area (Å²) in [4.78, 5) is 48.2. The Bertz CT molecular complexity index is 677. The Kier molecular flexibility index (Phi) is 3.85. The summed E-state index contributed by atoms with van der Waals surface area (Å²) in [6, 6.07) is 6.51. The Morgan fingerprint density at radius 3 is 2.52 bits per heavy atom. The number of amides is 2. The van der Waals surface area contributed by atoms with Crippen LogP contribution in [-0.4, -0.2) is 47.6 Å². The van der Waals surface area contributed by atoms with Gasteiger partial charge in [0.05, 0.1) is 12.0 Å². The molecular weight excluding hydrogens is 300 g/mol. The minimum Gasteiger partial charge on any atom is -0.428 e. The number of ether oxygens (including phenoxy) is 1. The molecule has 0 atom stereocenters. The lowest BCUT2D eigenvalue weighted by molar-refractivity contribution is -0.124. The zero-order valence-electron chi connectivity index (χ0n) is 12.4. The highest BCUT2D eigenvalue weighted by molar-refractivity contribution is 6.10. The lowest BCUT2D eigenvalue weighted by atomic mass is 9.85. The van der Waals surface area contributed by atoms with Crippen LogP contribution in [0.25, 0.3) is 0 Å². The van der Waals surface area contributed by atoms with E-state index in [4.69, 9.17) is 4.74 Å². The summed E-state index contributed by atoms with van der Waals surface area (Å²) in [5.74, 6) is -0.397. The van der Waals surface area contributed by atoms with Crippen molar-refractivity contribution >= 4 is 24.1 Å². The summed E-state index contributed by atoms with van der Waals surface area (Å²) in [6.45, 7) is 1.00. The van der Waals surface area contributed by atoms with Crippen molar-refractivity contribution in [1.82, 2.24) is 10.2 Å². The number of carbonyl (C=O) groups is 4. The monoisotopic (exact) mass is 316 g/mol. The summed E-state index contributed by atoms with van der Waals surface area (Å²) in [5, 5.41) is 2.75. The molecule has 0 aromatic heterocycles. The first kappa shape index (κ1) is 15.2. The SMILES string of the molecule is O=COc1ccccc1C(=O)N1CCC2(CC1)NC(=O)CC2=O. The Morgan fingerprint density at radius 2 is 1.91 bits per heavy atom. The van der Waals surface area contributed by atoms with Crippen molar-refractivity contribution < 1.29 is 23.9 Å². The largest absolute Gasteiger partial charge is 0.428 e. The number of rotatable bonds is 3. The number of Topliss-reactive ketones (excluding diaryl/α,β-unsaturated/α-hetero) is 1. The highest BCUT2D eigenvalue weighted by atomic mass is 16.5. The maximum absolute atomic E-state index is 12.6. The Hall–Kier alpha value is -2.70. The van der Waals surface area contributed by atoms with Crippen LogP contribution in [-0.2, 0) is 14.4 Å². The van der Waals surface area contributed by atoms with Gasteiger partial charge in [0.15, 0.2) is 5.78 Å². The molecule has 2 fully saturated rings. The van der Waals surface area contributed by atoms with E-state index in [9.17, 15) is 19.2 Å². The molecule has 0 aliphatic carbocycles. The predicted octanol–water partition coefficient (Wildman–Crippen LogP) is 0.286. The molecule has 120 valence electrons. The topological polar surface area (TPSA) is 92.8 Å². The molecule has 1 aromatic carbocycles. The van der Waals surface area contributed by atoms with Crippen LogP contribution in [0, 0.1) is 0 Å². The first-order valence-electron chi connectivity index (χ1n) is 7.39. The third-order valence-corrected chi connectivity index (χ3v) is 4.43. The highest BCUT2D eigenvalue weighted by Gasteiger charge is 2.48. The lowest BCUT2D eigenvalue weighted by Crippen LogP contribution is -2.55. The molecule has 0 unspecified atom stereocenters. The third kappa shape index (κ3) is 2.69. The minimum atomic E-state index is -0.813. The van der Waals surface area contributed by atoms with Gasteiger partial charge in [-0.3, -0.25) is 19.2 Å². The predicted molar refractivity (Wildman–Crippen MR) is 78.8 cm³/mol. The molecule has 2 saturated heterocycles. The average molecular weight is 316 g/mol. The van der Waals surface area contributed by atoms with Gasteiger partial charge in [0, 0.05) is 13.1 Å². The van der Waals surface area contributed by atoms with E-state index in [2.05, 4.69) is 5.32 Å². The minimum absolute atomic E-state index is 0.0794. The molecule has 0 saturated carbocycles. The molecule has 7 nitrogen and oxygen atoms in total. The number of benzene rings is 1. The first-order chi connectivity index (χ1) is 11.1. The summed E-state index contributed by atoms with van der Waals surface area (Å²) in [5.41, 5.74) is -0.510. The molecule has 0 radical (unpaired) electrons. The smallest absolute Gasteiger partial charge is 0.298 e. The van der Waals surface area contributed by atoms with Crippen molar-refractivity contribution in [2.75, 3.05) is 13.1 Å². The third-order valence-electron chi connectivity index (χ3n) is 4.43. The first-order valence-corrected chi connectivity index (χ1v) is 7.39. The van der Waals surface area contributed by atoms with E-state index in [1.807, 2.05) is 0 Å². The van der Waals surface area contributed by atoms with Crippen molar-refractivity contribution in [3.63, 3.8) is 0 Å². The summed E-state index contributed by atoms with van der Waals surface area (Å²) in [6.07, 6.45) is 0.726. The zero-order valence-corrected chi connectivity index (χ0v) is 12.4. The van der Waals surface area contributed by atoms with Crippen LogP contribution in [0.2, 0.25) is 0 Å². The van der Waals surface area contributed by atoms with Gasteiger partial charge in [-0.05, 0) is 25.0 Å². The van der Waals surface area contributed by atoms with Gasteiger partial charge in [0.25, 0.3) is 12.4 Å². The van der Waals surface area contributed by atoms with Gasteiger partial charge in [0.1, 0.15) is 11.3 Å². The molecule has 1 N–H and O–H groups in total. The number of para-hydroxylation sites is 1. The normalized spacial score (nSPS) is 19.6. The molecule has 0 bridgehead atoms. The lowest BCUT2D eigenvalue weighted by Gasteiger charge is -2.38. The molecule has 1 spiro atoms. The Morgan fingerprint density at radius 1 is 1.22 bits per heavy atom. The maximum atomic E-state index is 12.6. The van der Waals surface area contributed by atoms with Gasteiger partial charge < -0.3 is 15.0 Å². The molecule has 7 heteroatoms. The highest BCUT2D eigenvalue weighted by Crippen LogP contribution is 2.30. The molecular formula is C16H16N2O5. The maximum Gasteiger partial charge on any atom is 0.298 e. The molecule has 2 amide bonds. The quantitative estimate of drug-likeness (QED) is 0.639. The van der Waals surface area contributed by atoms with Crippen LogP contribution in [0.1, 0.15) is 29.6 Å². The fraction of sp³-hybridized carbons (Fsp3) is 0.375. The summed E-state index contributed by atoms with van der Waals surface area (Å²) >= 11 is 0. The second-order valence-electron chi connectivity index (χ2n) is 5.73. The molecule has 2 heterocycles. The van der Waals surface area contributed by atoms with Crippen LogP contribution in [0.3, 0.4) is 0 Å². The molecule has 23 heavy (non-hydrogen) atoms. The molecule has 2 aliphatic rings. The average Bonchev–Trinajstić information content (AvgIpc) is 2.82. The van der Waals surface area contributed by atoms with Crippen LogP contribution in [0.15, 0.2) is 24.3 Å². The van der Waals surface area contributed by atoms with Gasteiger partial charge in [-0.25, -0.2) is 0 Å². The van der Waals surface area contributed by atoms with E-state index in [0.717, 1.165) is 0 Å². The van der Waals surface area contributed by atoms with E-state index in [0.29, 0.717) is 31.5 Å². The summed E-state index contributed by atoms with van der Waals surface area (Å²) < 4.78 is 4.83. The van der Waals surface area contributed by atoms with Crippen molar-refractivity contribution in [3.8, 4) is 5.75 Å². The number of piperidine rings is 1. The second kappa shape index (κ2) is 5.83. The van der Waals surface area contributed by atoms with Crippen molar-refractivity contribution in [1.29, 1.82) is 0 Å². The Labute approximate surface area is 132 Å². The number of likely N-dealkylation sites (tertiary alicyclic amines) is 1. The van der Waals surface area contributed by atoms with Gasteiger partial charge >= 0.3 is 0 Å². The van der Waals surface area contributed by atoms with E-state index in [-0.39, 0.29) is 36.2 Å². The number of carbonyl (C=O) groups excluding carboxylic acids is 4. The number of ketones is 1. The fourth-order valence-corrected chi connectivity index (χ4v) is 3.16. The van der Waals surface area contributed by atoms with Crippen LogP contribution in [0.4, 0.5) is 0 Å². The van der Waals surface area contributed by atoms with Crippen molar-refractivity contribution in [3.05, 3.63) is 29.8 Å². The standard InChI is InChI=1S/C16H16N2O5/c19-10-23-12-4-2-1-3-11(12)15(22)18-7-5-16(6-8-18)13(20)9-14(21)17-16/h1-4,10H,5-9H2,(H,17,21). The number of nitrogens with zero attached hydrogens (tertiary/aromatic N) is 1. The van der Waals surface area contributed by atoms with Crippen LogP contribution in [0.5, 0.6) is 5.75 Å². The number of nitrogens with one attached hydrogen (secondary N) is 1. The van der Waals surface area contributed by atoms with Gasteiger partial charge in [-0.2, -0.15) is 0 Å². The molecule has 2 aliphatic heterocycles. The van der Waals surface area contributed by atoms with E-state index in [1.54, 1.807) is 29.2 Å². The van der Waals surface area contributed by atoms with Crippen LogP contribution < -0.4 is 10.1 Å². The number of hydrogen-bond donors (Lipinski definition) is 1. The van der Waals surface area contributed by atoms with E-state index >= 15 is 0 Å². The van der Waals surface area contributed by atoms with Crippen LogP contribution >= 0.6 is 0 Å².